The molecule has 2 aliphatic heterocycles. The third-order valence-electron chi connectivity index (χ3n) is 4.67. The van der Waals surface area contributed by atoms with Crippen LogP contribution in [0.3, 0.4) is 0 Å². The van der Waals surface area contributed by atoms with E-state index in [2.05, 4.69) is 10.0 Å². The van der Waals surface area contributed by atoms with Crippen molar-refractivity contribution < 1.29 is 19.1 Å². The van der Waals surface area contributed by atoms with Gasteiger partial charge in [-0.25, -0.2) is 9.59 Å². The Morgan fingerprint density at radius 2 is 1.23 bits per heavy atom. The minimum Gasteiger partial charge on any atom is -0.462 e. The van der Waals surface area contributed by atoms with Crippen molar-refractivity contribution in [3.63, 3.8) is 0 Å². The number of esters is 2. The van der Waals surface area contributed by atoms with Crippen LogP contribution in [0.25, 0.3) is 0 Å². The number of rotatable bonds is 4. The minimum absolute atomic E-state index is 0.295. The molecule has 0 spiro atoms. The molecule has 0 amide bonds. The molecular formula is C20H20N2O4. The SMILES string of the molecule is CCOC(=O)c1ccc2c(c1)CN1c3ccc(C(=O)OCC)cc3CN21. The molecule has 2 aromatic carbocycles. The van der Waals surface area contributed by atoms with E-state index in [4.69, 9.17) is 9.47 Å². The van der Waals surface area contributed by atoms with Crippen molar-refractivity contribution in [2.75, 3.05) is 23.2 Å². The molecule has 0 aliphatic carbocycles. The van der Waals surface area contributed by atoms with Crippen molar-refractivity contribution in [2.24, 2.45) is 0 Å². The van der Waals surface area contributed by atoms with Crippen molar-refractivity contribution in [1.82, 2.24) is 0 Å². The predicted octanol–water partition coefficient (Wildman–Crippen LogP) is 3.30. The Bertz CT molecular complexity index is 820. The van der Waals surface area contributed by atoms with Gasteiger partial charge < -0.3 is 9.47 Å². The Morgan fingerprint density at radius 1 is 0.808 bits per heavy atom. The molecule has 0 N–H and O–H groups in total. The van der Waals surface area contributed by atoms with E-state index in [1.54, 1.807) is 26.0 Å². The summed E-state index contributed by atoms with van der Waals surface area (Å²) >= 11 is 0. The van der Waals surface area contributed by atoms with Crippen LogP contribution in [0.1, 0.15) is 45.7 Å². The molecule has 0 fully saturated rings. The molecule has 0 radical (unpaired) electrons. The summed E-state index contributed by atoms with van der Waals surface area (Å²) in [6.45, 7) is 5.71. The van der Waals surface area contributed by atoms with Gasteiger partial charge in [0.15, 0.2) is 0 Å². The third-order valence-corrected chi connectivity index (χ3v) is 4.67. The maximum atomic E-state index is 12.0. The van der Waals surface area contributed by atoms with Gasteiger partial charge in [-0.2, -0.15) is 0 Å². The van der Waals surface area contributed by atoms with Crippen LogP contribution in [-0.4, -0.2) is 25.2 Å². The van der Waals surface area contributed by atoms with Gasteiger partial charge in [-0.15, -0.1) is 0 Å². The number of fused-ring (bicyclic) bond motifs is 5. The standard InChI is InChI=1S/C20H20N2O4/c1-3-25-19(23)13-5-7-17-15(9-13)11-21-18-8-6-14(20(24)26-4-2)10-16(18)12-22(17)21/h5-10H,3-4,11-12H2,1-2H3. The van der Waals surface area contributed by atoms with E-state index in [0.29, 0.717) is 37.4 Å². The number of benzene rings is 2. The second-order valence-electron chi connectivity index (χ2n) is 6.24. The van der Waals surface area contributed by atoms with E-state index in [-0.39, 0.29) is 11.9 Å². The first-order valence-electron chi connectivity index (χ1n) is 8.77. The maximum Gasteiger partial charge on any atom is 0.338 e. The zero-order valence-corrected chi connectivity index (χ0v) is 14.8. The summed E-state index contributed by atoms with van der Waals surface area (Å²) in [5.41, 5.74) is 5.49. The third kappa shape index (κ3) is 2.58. The topological polar surface area (TPSA) is 59.1 Å². The average molecular weight is 352 g/mol. The van der Waals surface area contributed by atoms with Crippen molar-refractivity contribution in [3.8, 4) is 0 Å². The summed E-state index contributed by atoms with van der Waals surface area (Å²) in [5, 5.41) is 4.34. The fourth-order valence-electron chi connectivity index (χ4n) is 3.53. The van der Waals surface area contributed by atoms with E-state index >= 15 is 0 Å². The highest BCUT2D eigenvalue weighted by Crippen LogP contribution is 2.43. The van der Waals surface area contributed by atoms with Gasteiger partial charge in [-0.1, -0.05) is 0 Å². The second-order valence-corrected chi connectivity index (χ2v) is 6.24. The number of carbonyl (C=O) groups is 2. The molecular weight excluding hydrogens is 332 g/mol. The van der Waals surface area contributed by atoms with Crippen molar-refractivity contribution in [1.29, 1.82) is 0 Å². The first-order chi connectivity index (χ1) is 12.6. The number of hydrogen-bond donors (Lipinski definition) is 0. The summed E-state index contributed by atoms with van der Waals surface area (Å²) in [4.78, 5) is 23.9. The molecule has 6 nitrogen and oxygen atoms in total. The number of anilines is 2. The Hall–Kier alpha value is -3.02. The normalized spacial score (nSPS) is 13.9. The molecule has 4 rings (SSSR count). The molecule has 0 bridgehead atoms. The average Bonchev–Trinajstić information content (AvgIpc) is 3.16. The van der Waals surface area contributed by atoms with Crippen LogP contribution < -0.4 is 10.0 Å². The van der Waals surface area contributed by atoms with Crippen LogP contribution in [0.15, 0.2) is 36.4 Å². The first-order valence-corrected chi connectivity index (χ1v) is 8.77. The number of nitrogens with zero attached hydrogens (tertiary/aromatic N) is 2. The first kappa shape index (κ1) is 16.4. The van der Waals surface area contributed by atoms with E-state index in [1.807, 2.05) is 24.3 Å². The Labute approximate surface area is 151 Å². The van der Waals surface area contributed by atoms with Gasteiger partial charge in [0.1, 0.15) is 0 Å². The molecule has 0 aromatic heterocycles. The monoisotopic (exact) mass is 352 g/mol. The fourth-order valence-corrected chi connectivity index (χ4v) is 3.53. The molecule has 6 heteroatoms. The van der Waals surface area contributed by atoms with Gasteiger partial charge in [0.25, 0.3) is 0 Å². The fraction of sp³-hybridized carbons (Fsp3) is 0.300. The molecule has 0 saturated carbocycles. The number of hydrazine groups is 1. The van der Waals surface area contributed by atoms with E-state index < -0.39 is 0 Å². The quantitative estimate of drug-likeness (QED) is 0.787. The Kier molecular flexibility index (Phi) is 4.03. The highest BCUT2D eigenvalue weighted by Gasteiger charge is 2.35. The van der Waals surface area contributed by atoms with Crippen molar-refractivity contribution in [3.05, 3.63) is 58.7 Å². The molecule has 0 saturated heterocycles. The van der Waals surface area contributed by atoms with Gasteiger partial charge in [-0.3, -0.25) is 10.0 Å². The summed E-state index contributed by atoms with van der Waals surface area (Å²) in [6.07, 6.45) is 0. The van der Waals surface area contributed by atoms with Crippen molar-refractivity contribution in [2.45, 2.75) is 26.9 Å². The molecule has 2 aromatic rings. The Balaban J connectivity index is 1.60. The van der Waals surface area contributed by atoms with Crippen LogP contribution in [0, 0.1) is 0 Å². The molecule has 0 atom stereocenters. The number of hydrogen-bond acceptors (Lipinski definition) is 6. The van der Waals surface area contributed by atoms with Crippen LogP contribution in [0.2, 0.25) is 0 Å². The second kappa shape index (κ2) is 6.37. The number of ether oxygens (including phenoxy) is 2. The highest BCUT2D eigenvalue weighted by molar-refractivity contribution is 5.92. The minimum atomic E-state index is -0.295. The molecule has 2 aliphatic rings. The summed E-state index contributed by atoms with van der Waals surface area (Å²) in [7, 11) is 0. The summed E-state index contributed by atoms with van der Waals surface area (Å²) < 4.78 is 10.2. The van der Waals surface area contributed by atoms with E-state index in [0.717, 1.165) is 22.5 Å². The predicted molar refractivity (Wildman–Crippen MR) is 97.2 cm³/mol. The van der Waals surface area contributed by atoms with Crippen LogP contribution >= 0.6 is 0 Å². The van der Waals surface area contributed by atoms with Gasteiger partial charge >= 0.3 is 11.9 Å². The van der Waals surface area contributed by atoms with Crippen LogP contribution in [0.5, 0.6) is 0 Å². The zero-order valence-electron chi connectivity index (χ0n) is 14.8. The van der Waals surface area contributed by atoms with Crippen LogP contribution in [-0.2, 0) is 22.6 Å². The summed E-state index contributed by atoms with van der Waals surface area (Å²) in [6, 6.07) is 11.3. The lowest BCUT2D eigenvalue weighted by Gasteiger charge is -2.23. The largest absolute Gasteiger partial charge is 0.462 e. The van der Waals surface area contributed by atoms with E-state index in [9.17, 15) is 9.59 Å². The lowest BCUT2D eigenvalue weighted by molar-refractivity contribution is 0.0516. The smallest absolute Gasteiger partial charge is 0.338 e. The highest BCUT2D eigenvalue weighted by atomic mass is 16.5. The zero-order chi connectivity index (χ0) is 18.3. The molecule has 134 valence electrons. The Morgan fingerprint density at radius 3 is 1.62 bits per heavy atom. The lowest BCUT2D eigenvalue weighted by Crippen LogP contribution is -2.30. The van der Waals surface area contributed by atoms with Gasteiger partial charge in [0, 0.05) is 0 Å². The molecule has 0 unspecified atom stereocenters. The number of carbonyl (C=O) groups excluding carboxylic acids is 2. The molecule has 2 heterocycles. The van der Waals surface area contributed by atoms with Crippen LogP contribution in [0.4, 0.5) is 11.4 Å². The van der Waals surface area contributed by atoms with Gasteiger partial charge in [0.2, 0.25) is 0 Å². The van der Waals surface area contributed by atoms with Gasteiger partial charge in [-0.05, 0) is 61.4 Å². The lowest BCUT2D eigenvalue weighted by atomic mass is 10.1. The molecule has 26 heavy (non-hydrogen) atoms. The van der Waals surface area contributed by atoms with E-state index in [1.165, 1.54) is 0 Å². The summed E-state index contributed by atoms with van der Waals surface area (Å²) in [5.74, 6) is -0.589. The van der Waals surface area contributed by atoms with Gasteiger partial charge in [0.05, 0.1) is 48.8 Å². The van der Waals surface area contributed by atoms with Crippen molar-refractivity contribution >= 4 is 23.3 Å². The maximum absolute atomic E-state index is 12.0.